The van der Waals surface area contributed by atoms with Gasteiger partial charge in [-0.25, -0.2) is 4.99 Å². The molecule has 0 saturated heterocycles. The first kappa shape index (κ1) is 17.5. The van der Waals surface area contributed by atoms with Crippen LogP contribution in [-0.2, 0) is 0 Å². The quantitative estimate of drug-likeness (QED) is 0.738. The summed E-state index contributed by atoms with van der Waals surface area (Å²) < 4.78 is 10.8. The Balaban J connectivity index is 1.73. The number of Topliss-reactive ketones (excluding diaryl/α,β-unsaturated/α-hetero) is 1. The fraction of sp³-hybridized carbons (Fsp3) is 0.250. The molecule has 2 heterocycles. The minimum Gasteiger partial charge on any atom is -0.493 e. The molecule has 0 saturated carbocycles. The number of aliphatic imine (C=N–C) groups is 2. The van der Waals surface area contributed by atoms with Crippen LogP contribution in [0.3, 0.4) is 0 Å². The molecule has 0 spiro atoms. The smallest absolute Gasteiger partial charge is 0.170 e. The fourth-order valence-corrected chi connectivity index (χ4v) is 3.50. The van der Waals surface area contributed by atoms with Crippen LogP contribution >= 0.6 is 11.6 Å². The van der Waals surface area contributed by atoms with Crippen LogP contribution in [0.1, 0.15) is 22.3 Å². The first-order chi connectivity index (χ1) is 13.1. The number of carbonyl (C=O) groups excluding carboxylic acids is 1. The average Bonchev–Trinajstić information content (AvgIpc) is 3.17. The van der Waals surface area contributed by atoms with Crippen molar-refractivity contribution in [1.82, 2.24) is 4.90 Å². The Morgan fingerprint density at radius 3 is 2.70 bits per heavy atom. The van der Waals surface area contributed by atoms with E-state index < -0.39 is 0 Å². The zero-order chi connectivity index (χ0) is 19.0. The predicted octanol–water partition coefficient (Wildman–Crippen LogP) is 3.74. The number of halogens is 1. The third-order valence-corrected chi connectivity index (χ3v) is 4.85. The van der Waals surface area contributed by atoms with Crippen LogP contribution in [0.2, 0.25) is 5.02 Å². The molecular weight excluding hydrogens is 366 g/mol. The van der Waals surface area contributed by atoms with Gasteiger partial charge in [-0.3, -0.25) is 9.79 Å². The molecule has 2 aromatic carbocycles. The Labute approximate surface area is 162 Å². The Morgan fingerprint density at radius 2 is 1.96 bits per heavy atom. The number of ketones is 1. The number of nitrogens with zero attached hydrogens (tertiary/aromatic N) is 3. The van der Waals surface area contributed by atoms with Gasteiger partial charge in [0.1, 0.15) is 11.7 Å². The fourth-order valence-electron chi connectivity index (χ4n) is 3.31. The Kier molecular flexibility index (Phi) is 4.58. The third kappa shape index (κ3) is 3.17. The number of rotatable bonds is 5. The molecule has 0 amide bonds. The molecule has 27 heavy (non-hydrogen) atoms. The topological polar surface area (TPSA) is 63.5 Å². The molecule has 0 bridgehead atoms. The van der Waals surface area contributed by atoms with Crippen LogP contribution in [0.5, 0.6) is 11.5 Å². The van der Waals surface area contributed by atoms with E-state index >= 15 is 0 Å². The molecule has 0 atom stereocenters. The van der Waals surface area contributed by atoms with Gasteiger partial charge in [-0.2, -0.15) is 0 Å². The van der Waals surface area contributed by atoms with Gasteiger partial charge in [0.05, 0.1) is 32.9 Å². The Bertz CT molecular complexity index is 984. The number of amidine groups is 2. The van der Waals surface area contributed by atoms with E-state index in [2.05, 4.69) is 4.99 Å². The predicted molar refractivity (Wildman–Crippen MR) is 105 cm³/mol. The molecule has 7 heteroatoms. The van der Waals surface area contributed by atoms with Crippen LogP contribution in [0.15, 0.2) is 46.4 Å². The van der Waals surface area contributed by atoms with Gasteiger partial charge in [0.15, 0.2) is 17.3 Å². The second-order valence-electron chi connectivity index (χ2n) is 6.22. The highest BCUT2D eigenvalue weighted by Gasteiger charge is 2.31. The standard InChI is InChI=1S/C20H18ClN3O3/c1-26-17-9-14-15(10-18(17)27-2)23-19(24-7-6-22-20(14)24)11-16(25)12-4-3-5-13(21)8-12/h3-5,8-10H,6-7,11H2,1-2H3. The van der Waals surface area contributed by atoms with Crippen molar-refractivity contribution < 1.29 is 14.3 Å². The van der Waals surface area contributed by atoms with E-state index in [0.29, 0.717) is 41.0 Å². The second-order valence-corrected chi connectivity index (χ2v) is 6.66. The molecule has 138 valence electrons. The molecule has 2 aromatic rings. The van der Waals surface area contributed by atoms with Crippen molar-refractivity contribution in [3.8, 4) is 11.5 Å². The molecule has 0 radical (unpaired) electrons. The minimum atomic E-state index is -0.0357. The summed E-state index contributed by atoms with van der Waals surface area (Å²) in [4.78, 5) is 24.1. The maximum Gasteiger partial charge on any atom is 0.170 e. The van der Waals surface area contributed by atoms with Gasteiger partial charge in [-0.1, -0.05) is 23.7 Å². The maximum absolute atomic E-state index is 12.7. The van der Waals surface area contributed by atoms with Crippen molar-refractivity contribution >= 4 is 34.7 Å². The van der Waals surface area contributed by atoms with Gasteiger partial charge in [-0.15, -0.1) is 0 Å². The highest BCUT2D eigenvalue weighted by Crippen LogP contribution is 2.38. The van der Waals surface area contributed by atoms with E-state index in [-0.39, 0.29) is 12.2 Å². The van der Waals surface area contributed by atoms with Crippen molar-refractivity contribution in [1.29, 1.82) is 0 Å². The summed E-state index contributed by atoms with van der Waals surface area (Å²) in [6.45, 7) is 1.36. The highest BCUT2D eigenvalue weighted by atomic mass is 35.5. The lowest BCUT2D eigenvalue weighted by Gasteiger charge is -2.28. The monoisotopic (exact) mass is 383 g/mol. The summed E-state index contributed by atoms with van der Waals surface area (Å²) in [5.74, 6) is 2.67. The van der Waals surface area contributed by atoms with Crippen molar-refractivity contribution in [2.45, 2.75) is 6.42 Å². The van der Waals surface area contributed by atoms with E-state index in [1.807, 2.05) is 17.0 Å². The SMILES string of the molecule is COc1cc2c(cc1OC)C1=NCCN1C(CC(=O)c1cccc(Cl)c1)=N2. The second kappa shape index (κ2) is 7.04. The summed E-state index contributed by atoms with van der Waals surface area (Å²) in [5, 5.41) is 0.539. The van der Waals surface area contributed by atoms with Crippen LogP contribution in [0, 0.1) is 0 Å². The molecule has 0 aromatic heterocycles. The largest absolute Gasteiger partial charge is 0.493 e. The summed E-state index contributed by atoms with van der Waals surface area (Å²) in [5.41, 5.74) is 2.17. The van der Waals surface area contributed by atoms with Gasteiger partial charge < -0.3 is 14.4 Å². The average molecular weight is 384 g/mol. The van der Waals surface area contributed by atoms with Crippen LogP contribution in [0.25, 0.3) is 0 Å². The van der Waals surface area contributed by atoms with E-state index in [0.717, 1.165) is 17.1 Å². The van der Waals surface area contributed by atoms with Crippen molar-refractivity contribution in [2.24, 2.45) is 9.98 Å². The number of ether oxygens (including phenoxy) is 2. The van der Waals surface area contributed by atoms with Gasteiger partial charge in [0.25, 0.3) is 0 Å². The molecule has 6 nitrogen and oxygen atoms in total. The van der Waals surface area contributed by atoms with Crippen molar-refractivity contribution in [3.05, 3.63) is 52.5 Å². The van der Waals surface area contributed by atoms with Crippen LogP contribution < -0.4 is 9.47 Å². The summed E-state index contributed by atoms with van der Waals surface area (Å²) >= 11 is 6.01. The molecule has 2 aliphatic heterocycles. The highest BCUT2D eigenvalue weighted by molar-refractivity contribution is 6.31. The molecule has 4 rings (SSSR count). The van der Waals surface area contributed by atoms with Crippen LogP contribution in [-0.4, -0.2) is 49.7 Å². The maximum atomic E-state index is 12.7. The number of hydrogen-bond acceptors (Lipinski definition) is 6. The minimum absolute atomic E-state index is 0.0357. The summed E-state index contributed by atoms with van der Waals surface area (Å²) in [7, 11) is 3.18. The summed E-state index contributed by atoms with van der Waals surface area (Å²) in [6, 6.07) is 10.7. The summed E-state index contributed by atoms with van der Waals surface area (Å²) in [6.07, 6.45) is 0.174. The van der Waals surface area contributed by atoms with E-state index in [9.17, 15) is 4.79 Å². The lowest BCUT2D eigenvalue weighted by atomic mass is 10.0. The van der Waals surface area contributed by atoms with E-state index in [4.69, 9.17) is 26.1 Å². The molecule has 0 aliphatic carbocycles. The molecule has 0 fully saturated rings. The van der Waals surface area contributed by atoms with Crippen LogP contribution in [0.4, 0.5) is 5.69 Å². The molecular formula is C20H18ClN3O3. The van der Waals surface area contributed by atoms with Gasteiger partial charge in [0, 0.05) is 28.8 Å². The Morgan fingerprint density at radius 1 is 1.19 bits per heavy atom. The molecule has 0 unspecified atom stereocenters. The lowest BCUT2D eigenvalue weighted by molar-refractivity contribution is 0.0998. The number of methoxy groups -OCH3 is 2. The first-order valence-electron chi connectivity index (χ1n) is 8.55. The molecule has 2 aliphatic rings. The number of fused-ring (bicyclic) bond motifs is 3. The van der Waals surface area contributed by atoms with Gasteiger partial charge in [-0.05, 0) is 18.2 Å². The number of benzene rings is 2. The van der Waals surface area contributed by atoms with Gasteiger partial charge in [0.2, 0.25) is 0 Å². The van der Waals surface area contributed by atoms with Gasteiger partial charge >= 0.3 is 0 Å². The normalized spacial score (nSPS) is 14.9. The number of hydrogen-bond donors (Lipinski definition) is 0. The lowest BCUT2D eigenvalue weighted by Crippen LogP contribution is -2.38. The Hall–Kier alpha value is -2.86. The van der Waals surface area contributed by atoms with Crippen molar-refractivity contribution in [2.75, 3.05) is 27.3 Å². The first-order valence-corrected chi connectivity index (χ1v) is 8.93. The van der Waals surface area contributed by atoms with Crippen molar-refractivity contribution in [3.63, 3.8) is 0 Å². The third-order valence-electron chi connectivity index (χ3n) is 4.61. The zero-order valence-corrected chi connectivity index (χ0v) is 15.8. The molecule has 0 N–H and O–H groups in total. The zero-order valence-electron chi connectivity index (χ0n) is 15.0. The van der Waals surface area contributed by atoms with E-state index in [1.165, 1.54) is 0 Å². The van der Waals surface area contributed by atoms with E-state index in [1.54, 1.807) is 38.5 Å². The number of carbonyl (C=O) groups is 1.